The van der Waals surface area contributed by atoms with Gasteiger partial charge in [-0.2, -0.15) is 0 Å². The van der Waals surface area contributed by atoms with Gasteiger partial charge in [-0.1, -0.05) is 12.1 Å². The van der Waals surface area contributed by atoms with E-state index in [0.29, 0.717) is 5.76 Å². The minimum absolute atomic E-state index is 0. The Kier molecular flexibility index (Phi) is 6.59. The monoisotopic (exact) mass is 399 g/mol. The summed E-state index contributed by atoms with van der Waals surface area (Å²) in [4.78, 5) is 12.5. The molecule has 146 valence electrons. The average molecular weight is 400 g/mol. The molecule has 7 heteroatoms. The zero-order valence-electron chi connectivity index (χ0n) is 16.2. The van der Waals surface area contributed by atoms with E-state index < -0.39 is 4.92 Å². The Balaban J connectivity index is 0.00000280. The van der Waals surface area contributed by atoms with Crippen LogP contribution in [0.3, 0.4) is 0 Å². The summed E-state index contributed by atoms with van der Waals surface area (Å²) in [5, 5.41) is 11.0. The van der Waals surface area contributed by atoms with E-state index in [4.69, 9.17) is 4.42 Å². The fraction of sp³-hybridized carbons (Fsp3) is 0.190. The van der Waals surface area contributed by atoms with E-state index in [1.54, 1.807) is 6.07 Å². The molecule has 1 aromatic carbocycles. The topological polar surface area (TPSA) is 62.5 Å². The van der Waals surface area contributed by atoms with Crippen LogP contribution in [-0.2, 0) is 0 Å². The maximum Gasteiger partial charge on any atom is 0.433 e. The number of nitrogens with zero attached hydrogens (tertiary/aromatic N) is 3. The summed E-state index contributed by atoms with van der Waals surface area (Å²) < 4.78 is 7.54. The number of halogens is 1. The first-order valence-corrected chi connectivity index (χ1v) is 8.54. The first-order valence-electron chi connectivity index (χ1n) is 8.54. The second-order valence-electron chi connectivity index (χ2n) is 6.65. The predicted octanol–water partition coefficient (Wildman–Crippen LogP) is 0.899. The Morgan fingerprint density at radius 3 is 2.04 bits per heavy atom. The minimum atomic E-state index is -0.522. The van der Waals surface area contributed by atoms with Gasteiger partial charge >= 0.3 is 5.88 Å². The Morgan fingerprint density at radius 2 is 1.57 bits per heavy atom. The van der Waals surface area contributed by atoms with Crippen LogP contribution < -0.4 is 17.3 Å². The summed E-state index contributed by atoms with van der Waals surface area (Å²) in [5.41, 5.74) is 4.83. The molecule has 0 atom stereocenters. The molecule has 1 aliphatic rings. The molecule has 0 saturated heterocycles. The number of furan rings is 1. The van der Waals surface area contributed by atoms with Crippen molar-refractivity contribution in [2.45, 2.75) is 0 Å². The number of anilines is 1. The molecule has 1 heterocycles. The van der Waals surface area contributed by atoms with Gasteiger partial charge in [0.25, 0.3) is 0 Å². The van der Waals surface area contributed by atoms with Crippen molar-refractivity contribution in [2.75, 3.05) is 33.1 Å². The van der Waals surface area contributed by atoms with Crippen LogP contribution in [0.2, 0.25) is 0 Å². The Hall–Kier alpha value is -3.12. The third kappa shape index (κ3) is 4.40. The van der Waals surface area contributed by atoms with Gasteiger partial charge < -0.3 is 21.7 Å². The highest BCUT2D eigenvalue weighted by molar-refractivity contribution is 6.03. The van der Waals surface area contributed by atoms with E-state index in [0.717, 1.165) is 28.1 Å². The van der Waals surface area contributed by atoms with Crippen molar-refractivity contribution in [1.29, 1.82) is 0 Å². The molecule has 0 fully saturated rings. The number of allylic oxidation sites excluding steroid dienone is 5. The minimum Gasteiger partial charge on any atom is -1.00 e. The van der Waals surface area contributed by atoms with Gasteiger partial charge in [0.1, 0.15) is 24.8 Å². The highest BCUT2D eigenvalue weighted by Gasteiger charge is 2.19. The lowest BCUT2D eigenvalue weighted by atomic mass is 9.94. The summed E-state index contributed by atoms with van der Waals surface area (Å²) in [6.45, 7) is 0. The van der Waals surface area contributed by atoms with Crippen LogP contribution in [0.25, 0.3) is 5.57 Å². The number of benzene rings is 1. The maximum atomic E-state index is 11.0. The number of nitro groups is 1. The SMILES string of the molecule is CN(C)c1ccc(C(=C2C=CC(=[N+](C)C)C=C2)c2ccc([N+](=O)[O-])o2)cc1.[Cl-]. The molecular formula is C21H22ClN3O3. The van der Waals surface area contributed by atoms with Crippen LogP contribution in [0, 0.1) is 10.1 Å². The summed E-state index contributed by atoms with van der Waals surface area (Å²) in [5.74, 6) is 0.203. The molecule has 0 radical (unpaired) electrons. The number of rotatable bonds is 4. The zero-order chi connectivity index (χ0) is 19.6. The lowest BCUT2D eigenvalue weighted by molar-refractivity contribution is -0.462. The van der Waals surface area contributed by atoms with Gasteiger partial charge in [-0.25, -0.2) is 4.58 Å². The van der Waals surface area contributed by atoms with Crippen LogP contribution >= 0.6 is 0 Å². The summed E-state index contributed by atoms with van der Waals surface area (Å²) in [6, 6.07) is 11.1. The second-order valence-corrected chi connectivity index (χ2v) is 6.65. The largest absolute Gasteiger partial charge is 1.00 e. The van der Waals surface area contributed by atoms with Gasteiger partial charge in [0.15, 0.2) is 5.71 Å². The predicted molar refractivity (Wildman–Crippen MR) is 108 cm³/mol. The van der Waals surface area contributed by atoms with E-state index >= 15 is 0 Å². The lowest BCUT2D eigenvalue weighted by Crippen LogP contribution is -3.00. The van der Waals surface area contributed by atoms with Crippen molar-refractivity contribution in [3.8, 4) is 0 Å². The fourth-order valence-electron chi connectivity index (χ4n) is 2.86. The number of hydrogen-bond donors (Lipinski definition) is 0. The summed E-state index contributed by atoms with van der Waals surface area (Å²) >= 11 is 0. The van der Waals surface area contributed by atoms with Gasteiger partial charge in [0, 0.05) is 37.5 Å². The van der Waals surface area contributed by atoms with Crippen LogP contribution in [0.1, 0.15) is 11.3 Å². The first kappa shape index (κ1) is 21.2. The average Bonchev–Trinajstić information content (AvgIpc) is 3.13. The van der Waals surface area contributed by atoms with E-state index in [9.17, 15) is 10.1 Å². The van der Waals surface area contributed by atoms with Crippen LogP contribution in [-0.4, -0.2) is 43.4 Å². The summed E-state index contributed by atoms with van der Waals surface area (Å²) in [6.07, 6.45) is 8.03. The van der Waals surface area contributed by atoms with Crippen molar-refractivity contribution < 1.29 is 26.3 Å². The third-order valence-electron chi connectivity index (χ3n) is 4.36. The maximum absolute atomic E-state index is 11.0. The summed E-state index contributed by atoms with van der Waals surface area (Å²) in [7, 11) is 7.93. The second kappa shape index (κ2) is 8.71. The Labute approximate surface area is 170 Å². The van der Waals surface area contributed by atoms with E-state index in [-0.39, 0.29) is 18.3 Å². The Bertz CT molecular complexity index is 974. The molecule has 0 saturated carbocycles. The molecule has 6 nitrogen and oxygen atoms in total. The molecule has 0 spiro atoms. The molecule has 0 bridgehead atoms. The highest BCUT2D eigenvalue weighted by Crippen LogP contribution is 2.33. The molecule has 2 aromatic rings. The van der Waals surface area contributed by atoms with Gasteiger partial charge in [-0.3, -0.25) is 10.1 Å². The molecule has 3 rings (SSSR count). The van der Waals surface area contributed by atoms with Gasteiger partial charge in [-0.05, 0) is 41.5 Å². The standard InChI is InChI=1S/C21H22N3O3.ClH/c1-22(2)17-9-5-15(6-10-17)21(19-13-14-20(27-19)24(25)26)16-7-11-18(12-8-16)23(3)4;/h5-14H,1-4H3;1H/q+1;/p-1. The van der Waals surface area contributed by atoms with Crippen molar-refractivity contribution >= 4 is 22.9 Å². The van der Waals surface area contributed by atoms with E-state index in [2.05, 4.69) is 0 Å². The third-order valence-corrected chi connectivity index (χ3v) is 4.36. The van der Waals surface area contributed by atoms with Crippen LogP contribution in [0.15, 0.2) is 70.7 Å². The molecule has 0 unspecified atom stereocenters. The normalized spacial score (nSPS) is 12.6. The van der Waals surface area contributed by atoms with Crippen LogP contribution in [0.5, 0.6) is 0 Å². The molecule has 1 aromatic heterocycles. The van der Waals surface area contributed by atoms with Crippen molar-refractivity contribution in [2.24, 2.45) is 0 Å². The smallest absolute Gasteiger partial charge is 0.433 e. The van der Waals surface area contributed by atoms with Crippen molar-refractivity contribution in [3.63, 3.8) is 0 Å². The van der Waals surface area contributed by atoms with Crippen LogP contribution in [0.4, 0.5) is 11.6 Å². The molecular weight excluding hydrogens is 378 g/mol. The van der Waals surface area contributed by atoms with Crippen molar-refractivity contribution in [3.05, 3.63) is 87.7 Å². The van der Waals surface area contributed by atoms with E-state index in [1.165, 1.54) is 6.07 Å². The Morgan fingerprint density at radius 1 is 0.964 bits per heavy atom. The quantitative estimate of drug-likeness (QED) is 0.435. The molecule has 1 aliphatic carbocycles. The van der Waals surface area contributed by atoms with Gasteiger partial charge in [-0.15, -0.1) is 0 Å². The van der Waals surface area contributed by atoms with Crippen molar-refractivity contribution in [1.82, 2.24) is 0 Å². The van der Waals surface area contributed by atoms with Gasteiger partial charge in [0.05, 0.1) is 6.07 Å². The molecule has 28 heavy (non-hydrogen) atoms. The van der Waals surface area contributed by atoms with Gasteiger partial charge in [0.2, 0.25) is 0 Å². The van der Waals surface area contributed by atoms with E-state index in [1.807, 2.05) is 86.2 Å². The zero-order valence-corrected chi connectivity index (χ0v) is 17.0. The molecule has 0 amide bonds. The lowest BCUT2D eigenvalue weighted by Gasteiger charge is -2.15. The number of hydrogen-bond acceptors (Lipinski definition) is 4. The highest BCUT2D eigenvalue weighted by atomic mass is 35.5. The first-order chi connectivity index (χ1) is 12.9. The molecule has 0 aliphatic heterocycles. The molecule has 0 N–H and O–H groups in total. The fourth-order valence-corrected chi connectivity index (χ4v) is 2.86.